The van der Waals surface area contributed by atoms with Gasteiger partial charge in [0.15, 0.2) is 0 Å². The Labute approximate surface area is 130 Å². The zero-order valence-corrected chi connectivity index (χ0v) is 13.1. The number of carbonyl (C=O) groups excluding carboxylic acids is 1. The highest BCUT2D eigenvalue weighted by molar-refractivity contribution is 7.88. The molecule has 0 N–H and O–H groups in total. The number of nitriles is 1. The molecule has 1 heterocycles. The average molecular weight is 319 g/mol. The fraction of sp³-hybridized carbons (Fsp3) is 0.333. The molecule has 0 aliphatic carbocycles. The summed E-state index contributed by atoms with van der Waals surface area (Å²) >= 11 is 0. The van der Waals surface area contributed by atoms with E-state index in [-0.39, 0.29) is 5.91 Å². The normalized spacial score (nSPS) is 16.6. The van der Waals surface area contributed by atoms with Crippen LogP contribution >= 0.6 is 0 Å². The maximum atomic E-state index is 12.1. The van der Waals surface area contributed by atoms with Gasteiger partial charge in [0.25, 0.3) is 0 Å². The van der Waals surface area contributed by atoms with Crippen molar-refractivity contribution in [3.8, 4) is 6.07 Å². The van der Waals surface area contributed by atoms with Gasteiger partial charge in [-0.1, -0.05) is 12.1 Å². The van der Waals surface area contributed by atoms with E-state index in [1.54, 1.807) is 29.2 Å². The van der Waals surface area contributed by atoms with Crippen molar-refractivity contribution >= 4 is 22.0 Å². The molecule has 1 aliphatic rings. The van der Waals surface area contributed by atoms with Crippen LogP contribution in [0, 0.1) is 11.3 Å². The second-order valence-electron chi connectivity index (χ2n) is 5.06. The summed E-state index contributed by atoms with van der Waals surface area (Å²) in [5.74, 6) is -0.157. The molecule has 0 aromatic heterocycles. The molecule has 0 unspecified atom stereocenters. The van der Waals surface area contributed by atoms with Gasteiger partial charge in [-0.2, -0.15) is 9.57 Å². The van der Waals surface area contributed by atoms with Gasteiger partial charge in [-0.3, -0.25) is 4.79 Å². The summed E-state index contributed by atoms with van der Waals surface area (Å²) in [6.45, 7) is 1.41. The molecule has 2 rings (SSSR count). The van der Waals surface area contributed by atoms with Gasteiger partial charge in [-0.05, 0) is 23.8 Å². The van der Waals surface area contributed by atoms with Gasteiger partial charge in [0, 0.05) is 32.3 Å². The van der Waals surface area contributed by atoms with Crippen LogP contribution in [-0.2, 0) is 14.8 Å². The van der Waals surface area contributed by atoms with Crippen molar-refractivity contribution in [2.75, 3.05) is 32.4 Å². The van der Waals surface area contributed by atoms with Crippen LogP contribution in [0.15, 0.2) is 30.3 Å². The summed E-state index contributed by atoms with van der Waals surface area (Å²) < 4.78 is 24.2. The van der Waals surface area contributed by atoms with Gasteiger partial charge < -0.3 is 4.90 Å². The predicted octanol–water partition coefficient (Wildman–Crippen LogP) is 0.675. The lowest BCUT2D eigenvalue weighted by Crippen LogP contribution is -2.49. The third-order valence-corrected chi connectivity index (χ3v) is 4.76. The van der Waals surface area contributed by atoms with Gasteiger partial charge in [0.1, 0.15) is 0 Å². The van der Waals surface area contributed by atoms with E-state index in [9.17, 15) is 13.2 Å². The Bertz CT molecular complexity index is 727. The first-order valence-corrected chi connectivity index (χ1v) is 8.67. The minimum atomic E-state index is -3.19. The minimum absolute atomic E-state index is 0.157. The standard InChI is InChI=1S/C15H17N3O3S/c1-22(20,21)18-9-7-17(8-10-18)15(19)6-5-13-3-2-4-14(11-13)12-16/h2-6,11H,7-10H2,1H3. The smallest absolute Gasteiger partial charge is 0.246 e. The van der Waals surface area contributed by atoms with Crippen LogP contribution < -0.4 is 0 Å². The topological polar surface area (TPSA) is 81.5 Å². The molecular weight excluding hydrogens is 302 g/mol. The predicted molar refractivity (Wildman–Crippen MR) is 83.2 cm³/mol. The van der Waals surface area contributed by atoms with Gasteiger partial charge in [0.2, 0.25) is 15.9 Å². The van der Waals surface area contributed by atoms with Crippen molar-refractivity contribution in [2.45, 2.75) is 0 Å². The van der Waals surface area contributed by atoms with Gasteiger partial charge in [0.05, 0.1) is 17.9 Å². The zero-order chi connectivity index (χ0) is 16.2. The maximum absolute atomic E-state index is 12.1. The van der Waals surface area contributed by atoms with E-state index in [4.69, 9.17) is 5.26 Å². The number of piperazine rings is 1. The molecular formula is C15H17N3O3S. The molecule has 1 aromatic carbocycles. The average Bonchev–Trinajstić information content (AvgIpc) is 2.52. The molecule has 1 aliphatic heterocycles. The van der Waals surface area contributed by atoms with E-state index < -0.39 is 10.0 Å². The number of hydrogen-bond acceptors (Lipinski definition) is 4. The second-order valence-corrected chi connectivity index (χ2v) is 7.04. The molecule has 0 radical (unpaired) electrons. The number of hydrogen-bond donors (Lipinski definition) is 0. The molecule has 6 nitrogen and oxygen atoms in total. The summed E-state index contributed by atoms with van der Waals surface area (Å²) in [5.41, 5.74) is 1.32. The number of amides is 1. The molecule has 0 bridgehead atoms. The number of rotatable bonds is 3. The molecule has 116 valence electrons. The number of nitrogens with zero attached hydrogens (tertiary/aromatic N) is 3. The van der Waals surface area contributed by atoms with Gasteiger partial charge >= 0.3 is 0 Å². The van der Waals surface area contributed by atoms with Crippen LogP contribution in [-0.4, -0.2) is 56.0 Å². The Kier molecular flexibility index (Phi) is 4.96. The molecule has 7 heteroatoms. The van der Waals surface area contributed by atoms with Gasteiger partial charge in [-0.15, -0.1) is 0 Å². The summed E-state index contributed by atoms with van der Waals surface area (Å²) in [5, 5.41) is 8.83. The van der Waals surface area contributed by atoms with Crippen molar-refractivity contribution < 1.29 is 13.2 Å². The van der Waals surface area contributed by atoms with E-state index >= 15 is 0 Å². The third kappa shape index (κ3) is 4.16. The number of benzene rings is 1. The first-order valence-electron chi connectivity index (χ1n) is 6.82. The van der Waals surface area contributed by atoms with Crippen molar-refractivity contribution in [1.82, 2.24) is 9.21 Å². The van der Waals surface area contributed by atoms with E-state index in [1.807, 2.05) is 12.1 Å². The quantitative estimate of drug-likeness (QED) is 0.767. The SMILES string of the molecule is CS(=O)(=O)N1CCN(C(=O)C=Cc2cccc(C#N)c2)CC1. The Morgan fingerprint density at radius 3 is 2.55 bits per heavy atom. The highest BCUT2D eigenvalue weighted by Gasteiger charge is 2.24. The molecule has 0 spiro atoms. The van der Waals surface area contributed by atoms with E-state index in [1.165, 1.54) is 16.6 Å². The lowest BCUT2D eigenvalue weighted by atomic mass is 10.1. The lowest BCUT2D eigenvalue weighted by molar-refractivity contribution is -0.127. The Morgan fingerprint density at radius 2 is 1.95 bits per heavy atom. The molecule has 0 saturated carbocycles. The minimum Gasteiger partial charge on any atom is -0.337 e. The summed E-state index contributed by atoms with van der Waals surface area (Å²) in [6, 6.07) is 9.01. The van der Waals surface area contributed by atoms with Crippen LogP contribution in [0.1, 0.15) is 11.1 Å². The van der Waals surface area contributed by atoms with Crippen LogP contribution in [0.4, 0.5) is 0 Å². The van der Waals surface area contributed by atoms with E-state index in [2.05, 4.69) is 0 Å². The maximum Gasteiger partial charge on any atom is 0.246 e. The van der Waals surface area contributed by atoms with Gasteiger partial charge in [-0.25, -0.2) is 8.42 Å². The second kappa shape index (κ2) is 6.73. The summed E-state index contributed by atoms with van der Waals surface area (Å²) in [4.78, 5) is 13.7. The Balaban J connectivity index is 1.96. The molecule has 1 aromatic rings. The van der Waals surface area contributed by atoms with Crippen molar-refractivity contribution in [3.63, 3.8) is 0 Å². The van der Waals surface area contributed by atoms with Crippen molar-refractivity contribution in [2.24, 2.45) is 0 Å². The Hall–Kier alpha value is -2.17. The highest BCUT2D eigenvalue weighted by atomic mass is 32.2. The third-order valence-electron chi connectivity index (χ3n) is 3.45. The molecule has 22 heavy (non-hydrogen) atoms. The van der Waals surface area contributed by atoms with Crippen LogP contribution in [0.2, 0.25) is 0 Å². The summed E-state index contributed by atoms with van der Waals surface area (Å²) in [6.07, 6.45) is 4.28. The van der Waals surface area contributed by atoms with E-state index in [0.29, 0.717) is 31.7 Å². The highest BCUT2D eigenvalue weighted by Crippen LogP contribution is 2.09. The zero-order valence-electron chi connectivity index (χ0n) is 12.3. The first-order chi connectivity index (χ1) is 10.4. The summed E-state index contributed by atoms with van der Waals surface area (Å²) in [7, 11) is -3.19. The lowest BCUT2D eigenvalue weighted by Gasteiger charge is -2.32. The van der Waals surface area contributed by atoms with Crippen LogP contribution in [0.3, 0.4) is 0 Å². The molecule has 1 fully saturated rings. The van der Waals surface area contributed by atoms with Crippen LogP contribution in [0.5, 0.6) is 0 Å². The fourth-order valence-corrected chi connectivity index (χ4v) is 3.05. The largest absolute Gasteiger partial charge is 0.337 e. The van der Waals surface area contributed by atoms with Crippen molar-refractivity contribution in [1.29, 1.82) is 5.26 Å². The molecule has 1 amide bonds. The first kappa shape index (κ1) is 16.2. The number of sulfonamides is 1. The number of carbonyl (C=O) groups is 1. The fourth-order valence-electron chi connectivity index (χ4n) is 2.22. The molecule has 1 saturated heterocycles. The van der Waals surface area contributed by atoms with E-state index in [0.717, 1.165) is 5.56 Å². The van der Waals surface area contributed by atoms with Crippen LogP contribution in [0.25, 0.3) is 6.08 Å². The molecule has 0 atom stereocenters. The monoisotopic (exact) mass is 319 g/mol. The Morgan fingerprint density at radius 1 is 1.27 bits per heavy atom. The van der Waals surface area contributed by atoms with Crippen molar-refractivity contribution in [3.05, 3.63) is 41.5 Å².